The Morgan fingerprint density at radius 1 is 0.632 bits per heavy atom. The summed E-state index contributed by atoms with van der Waals surface area (Å²) < 4.78 is 0. The summed E-state index contributed by atoms with van der Waals surface area (Å²) in [5.74, 6) is 0. The Bertz CT molecular complexity index is 613. The first-order valence-corrected chi connectivity index (χ1v) is 6.85. The van der Waals surface area contributed by atoms with Crippen LogP contribution in [-0.4, -0.2) is 0 Å². The van der Waals surface area contributed by atoms with Crippen LogP contribution in [0.4, 0.5) is 0 Å². The van der Waals surface area contributed by atoms with Crippen molar-refractivity contribution in [3.05, 3.63) is 77.9 Å². The molecule has 0 saturated carbocycles. The monoisotopic (exact) mass is 246 g/mol. The standard InChI is InChI=1S/C19H18/c1-15-7-9-17(10-8-15)19-13-11-18(12-14-19)16-5-3-2-4-6-16/h2-7,9,11-14H,8,10H2,1H3. The number of rotatable bonds is 2. The molecule has 3 rings (SSSR count). The normalized spacial score (nSPS) is 14.8. The maximum absolute atomic E-state index is 2.26. The molecule has 0 spiro atoms. The van der Waals surface area contributed by atoms with Gasteiger partial charge in [0, 0.05) is 0 Å². The smallest absolute Gasteiger partial charge is 0.0184 e. The maximum atomic E-state index is 2.26. The summed E-state index contributed by atoms with van der Waals surface area (Å²) in [7, 11) is 0. The van der Waals surface area contributed by atoms with Gasteiger partial charge in [-0.2, -0.15) is 0 Å². The molecule has 1 aliphatic carbocycles. The molecule has 0 fully saturated rings. The second-order valence-corrected chi connectivity index (χ2v) is 5.15. The SMILES string of the molecule is CC1=CC=C(c2ccc(-c3ccccc3)cc2)CC1. The third kappa shape index (κ3) is 2.68. The van der Waals surface area contributed by atoms with E-state index >= 15 is 0 Å². The highest BCUT2D eigenvalue weighted by Gasteiger charge is 2.06. The van der Waals surface area contributed by atoms with E-state index in [4.69, 9.17) is 0 Å². The van der Waals surface area contributed by atoms with Gasteiger partial charge >= 0.3 is 0 Å². The lowest BCUT2D eigenvalue weighted by Crippen LogP contribution is -1.91. The third-order valence-corrected chi connectivity index (χ3v) is 3.72. The number of benzene rings is 2. The molecule has 0 atom stereocenters. The fourth-order valence-corrected chi connectivity index (χ4v) is 2.49. The molecule has 19 heavy (non-hydrogen) atoms. The lowest BCUT2D eigenvalue weighted by Gasteiger charge is -2.13. The molecule has 0 unspecified atom stereocenters. The van der Waals surface area contributed by atoms with Gasteiger partial charge in [0.05, 0.1) is 0 Å². The Kier molecular flexibility index (Phi) is 3.33. The van der Waals surface area contributed by atoms with Crippen LogP contribution in [0.15, 0.2) is 72.3 Å². The zero-order valence-corrected chi connectivity index (χ0v) is 11.3. The second-order valence-electron chi connectivity index (χ2n) is 5.15. The van der Waals surface area contributed by atoms with Gasteiger partial charge < -0.3 is 0 Å². The first-order valence-electron chi connectivity index (χ1n) is 6.85. The molecule has 94 valence electrons. The van der Waals surface area contributed by atoms with E-state index in [2.05, 4.69) is 73.7 Å². The molecule has 0 amide bonds. The Hall–Kier alpha value is -2.08. The van der Waals surface area contributed by atoms with Crippen LogP contribution in [-0.2, 0) is 0 Å². The van der Waals surface area contributed by atoms with Gasteiger partial charge in [-0.3, -0.25) is 0 Å². The molecular weight excluding hydrogens is 228 g/mol. The minimum Gasteiger partial charge on any atom is -0.0730 e. The molecule has 0 nitrogen and oxygen atoms in total. The van der Waals surface area contributed by atoms with Crippen molar-refractivity contribution >= 4 is 5.57 Å². The fourth-order valence-electron chi connectivity index (χ4n) is 2.49. The van der Waals surface area contributed by atoms with E-state index in [0.717, 1.165) is 6.42 Å². The molecule has 0 aromatic heterocycles. The number of hydrogen-bond acceptors (Lipinski definition) is 0. The molecule has 0 aliphatic heterocycles. The molecule has 0 heterocycles. The molecule has 0 N–H and O–H groups in total. The molecule has 1 aliphatic rings. The first kappa shape index (κ1) is 12.0. The van der Waals surface area contributed by atoms with Gasteiger partial charge in [-0.05, 0) is 42.0 Å². The zero-order chi connectivity index (χ0) is 13.1. The first-order chi connectivity index (χ1) is 9.33. The van der Waals surface area contributed by atoms with E-state index in [1.807, 2.05) is 0 Å². The van der Waals surface area contributed by atoms with Crippen molar-refractivity contribution in [1.29, 1.82) is 0 Å². The second kappa shape index (κ2) is 5.27. The lowest BCUT2D eigenvalue weighted by atomic mass is 9.93. The van der Waals surface area contributed by atoms with Crippen molar-refractivity contribution in [2.75, 3.05) is 0 Å². The van der Waals surface area contributed by atoms with Gasteiger partial charge in [-0.15, -0.1) is 0 Å². The van der Waals surface area contributed by atoms with Gasteiger partial charge in [0.1, 0.15) is 0 Å². The van der Waals surface area contributed by atoms with Crippen molar-refractivity contribution in [2.24, 2.45) is 0 Å². The van der Waals surface area contributed by atoms with E-state index in [0.29, 0.717) is 0 Å². The van der Waals surface area contributed by atoms with Crippen molar-refractivity contribution in [3.63, 3.8) is 0 Å². The van der Waals surface area contributed by atoms with E-state index in [-0.39, 0.29) is 0 Å². The number of hydrogen-bond donors (Lipinski definition) is 0. The Morgan fingerprint density at radius 2 is 1.26 bits per heavy atom. The summed E-state index contributed by atoms with van der Waals surface area (Å²) in [6, 6.07) is 19.4. The quantitative estimate of drug-likeness (QED) is 0.658. The number of allylic oxidation sites excluding steroid dienone is 4. The predicted molar refractivity (Wildman–Crippen MR) is 82.8 cm³/mol. The van der Waals surface area contributed by atoms with Crippen molar-refractivity contribution in [2.45, 2.75) is 19.8 Å². The highest BCUT2D eigenvalue weighted by Crippen LogP contribution is 2.28. The average molecular weight is 246 g/mol. The summed E-state index contributed by atoms with van der Waals surface area (Å²) in [5.41, 5.74) is 6.84. The van der Waals surface area contributed by atoms with Crippen LogP contribution < -0.4 is 0 Å². The zero-order valence-electron chi connectivity index (χ0n) is 11.3. The molecular formula is C19H18. The summed E-state index contributed by atoms with van der Waals surface area (Å²) in [6.45, 7) is 2.20. The summed E-state index contributed by atoms with van der Waals surface area (Å²) in [6.07, 6.45) is 6.85. The minimum atomic E-state index is 1.16. The van der Waals surface area contributed by atoms with Gasteiger partial charge in [-0.1, -0.05) is 72.3 Å². The van der Waals surface area contributed by atoms with E-state index < -0.39 is 0 Å². The largest absolute Gasteiger partial charge is 0.0730 e. The van der Waals surface area contributed by atoms with Crippen LogP contribution in [0.25, 0.3) is 16.7 Å². The maximum Gasteiger partial charge on any atom is -0.0184 e. The highest BCUT2D eigenvalue weighted by atomic mass is 14.1. The van der Waals surface area contributed by atoms with Crippen LogP contribution in [0.1, 0.15) is 25.3 Å². The predicted octanol–water partition coefficient (Wildman–Crippen LogP) is 5.48. The Morgan fingerprint density at radius 3 is 1.89 bits per heavy atom. The molecule has 0 heteroatoms. The van der Waals surface area contributed by atoms with Crippen molar-refractivity contribution in [3.8, 4) is 11.1 Å². The third-order valence-electron chi connectivity index (χ3n) is 3.72. The van der Waals surface area contributed by atoms with Gasteiger partial charge in [0.15, 0.2) is 0 Å². The average Bonchev–Trinajstić information content (AvgIpc) is 2.49. The van der Waals surface area contributed by atoms with Crippen molar-refractivity contribution in [1.82, 2.24) is 0 Å². The summed E-state index contributed by atoms with van der Waals surface area (Å²) in [5, 5.41) is 0. The fraction of sp³-hybridized carbons (Fsp3) is 0.158. The summed E-state index contributed by atoms with van der Waals surface area (Å²) in [4.78, 5) is 0. The summed E-state index contributed by atoms with van der Waals surface area (Å²) >= 11 is 0. The Balaban J connectivity index is 1.88. The van der Waals surface area contributed by atoms with Gasteiger partial charge in [0.2, 0.25) is 0 Å². The van der Waals surface area contributed by atoms with E-state index in [9.17, 15) is 0 Å². The van der Waals surface area contributed by atoms with Gasteiger partial charge in [-0.25, -0.2) is 0 Å². The van der Waals surface area contributed by atoms with Gasteiger partial charge in [0.25, 0.3) is 0 Å². The van der Waals surface area contributed by atoms with Crippen LogP contribution in [0.3, 0.4) is 0 Å². The van der Waals surface area contributed by atoms with Crippen molar-refractivity contribution < 1.29 is 0 Å². The van der Waals surface area contributed by atoms with E-state index in [1.54, 1.807) is 0 Å². The van der Waals surface area contributed by atoms with Crippen LogP contribution in [0, 0.1) is 0 Å². The molecule has 0 saturated heterocycles. The van der Waals surface area contributed by atoms with Crippen LogP contribution >= 0.6 is 0 Å². The van der Waals surface area contributed by atoms with Crippen LogP contribution in [0.5, 0.6) is 0 Å². The molecule has 2 aromatic rings. The molecule has 0 radical (unpaired) electrons. The van der Waals surface area contributed by atoms with Crippen LogP contribution in [0.2, 0.25) is 0 Å². The van der Waals surface area contributed by atoms with E-state index in [1.165, 1.54) is 34.3 Å². The molecule has 0 bridgehead atoms. The molecule has 2 aromatic carbocycles. The Labute approximate surface area is 115 Å². The highest BCUT2D eigenvalue weighted by molar-refractivity contribution is 5.72. The topological polar surface area (TPSA) is 0 Å². The lowest BCUT2D eigenvalue weighted by molar-refractivity contribution is 0.977. The minimum absolute atomic E-state index is 1.16.